The summed E-state index contributed by atoms with van der Waals surface area (Å²) in [5.74, 6) is 0.384. The van der Waals surface area contributed by atoms with Crippen LogP contribution in [-0.4, -0.2) is 15.8 Å². The summed E-state index contributed by atoms with van der Waals surface area (Å²) < 4.78 is 0. The van der Waals surface area contributed by atoms with Gasteiger partial charge in [-0.1, -0.05) is 20.3 Å². The average Bonchev–Trinajstić information content (AvgIpc) is 2.49. The Labute approximate surface area is 119 Å². The Morgan fingerprint density at radius 3 is 2.70 bits per heavy atom. The maximum absolute atomic E-state index is 8.18. The summed E-state index contributed by atoms with van der Waals surface area (Å²) in [5.41, 5.74) is 3.89. The molecule has 0 bridgehead atoms. The number of anilines is 1. The number of nitrogens with one attached hydrogen (secondary N) is 2. The lowest BCUT2D eigenvalue weighted by molar-refractivity contribution is 0.883. The van der Waals surface area contributed by atoms with Crippen molar-refractivity contribution in [2.75, 3.05) is 5.32 Å². The van der Waals surface area contributed by atoms with Crippen LogP contribution in [0.15, 0.2) is 36.8 Å². The van der Waals surface area contributed by atoms with E-state index in [-0.39, 0.29) is 0 Å². The van der Waals surface area contributed by atoms with E-state index in [1.54, 1.807) is 12.4 Å². The smallest absolute Gasteiger partial charge is 0.130 e. The molecular formula is C16H20N4. The molecule has 0 amide bonds. The summed E-state index contributed by atoms with van der Waals surface area (Å²) in [6, 6.07) is 5.85. The average molecular weight is 268 g/mol. The highest BCUT2D eigenvalue weighted by Gasteiger charge is 2.07. The van der Waals surface area contributed by atoms with E-state index in [0.717, 1.165) is 41.8 Å². The largest absolute Gasteiger partial charge is 0.339 e. The van der Waals surface area contributed by atoms with E-state index in [4.69, 9.17) is 5.41 Å². The van der Waals surface area contributed by atoms with Gasteiger partial charge in [-0.05, 0) is 36.6 Å². The number of aromatic nitrogens is 2. The van der Waals surface area contributed by atoms with Crippen LogP contribution >= 0.6 is 0 Å². The van der Waals surface area contributed by atoms with Crippen molar-refractivity contribution in [3.8, 4) is 0 Å². The van der Waals surface area contributed by atoms with Crippen molar-refractivity contribution < 1.29 is 0 Å². The van der Waals surface area contributed by atoms with Gasteiger partial charge in [0.2, 0.25) is 0 Å². The lowest BCUT2D eigenvalue weighted by Gasteiger charge is -2.11. The van der Waals surface area contributed by atoms with E-state index in [1.807, 2.05) is 24.4 Å². The maximum Gasteiger partial charge on any atom is 0.130 e. The van der Waals surface area contributed by atoms with Crippen LogP contribution in [0, 0.1) is 5.41 Å². The topological polar surface area (TPSA) is 61.7 Å². The molecule has 4 nitrogen and oxygen atoms in total. The molecular weight excluding hydrogens is 248 g/mol. The van der Waals surface area contributed by atoms with Crippen LogP contribution in [0.25, 0.3) is 0 Å². The van der Waals surface area contributed by atoms with Crippen LogP contribution in [0.3, 0.4) is 0 Å². The molecule has 0 saturated heterocycles. The normalized spacial score (nSPS) is 10.3. The van der Waals surface area contributed by atoms with E-state index >= 15 is 0 Å². The van der Waals surface area contributed by atoms with Gasteiger partial charge in [-0.15, -0.1) is 0 Å². The molecule has 0 fully saturated rings. The Kier molecular flexibility index (Phi) is 4.82. The monoisotopic (exact) mass is 268 g/mol. The molecule has 20 heavy (non-hydrogen) atoms. The first-order valence-corrected chi connectivity index (χ1v) is 6.98. The fourth-order valence-electron chi connectivity index (χ4n) is 2.07. The van der Waals surface area contributed by atoms with Crippen LogP contribution in [0.5, 0.6) is 0 Å². The maximum atomic E-state index is 8.18. The molecule has 0 spiro atoms. The first-order chi connectivity index (χ1) is 9.74. The van der Waals surface area contributed by atoms with Gasteiger partial charge in [-0.2, -0.15) is 0 Å². The van der Waals surface area contributed by atoms with Gasteiger partial charge in [0.1, 0.15) is 5.84 Å². The molecule has 4 heteroatoms. The number of amidine groups is 1. The number of pyridine rings is 2. The standard InChI is InChI=1S/C16H20N4/c1-3-5-13-6-7-14(11-19-13)20-16(17)15-8-9-18-10-12(15)4-2/h6-11H,3-5H2,1-2H3,(H2,17,20). The minimum absolute atomic E-state index is 0.384. The number of hydrogen-bond acceptors (Lipinski definition) is 3. The molecule has 0 aliphatic heterocycles. The highest BCUT2D eigenvalue weighted by Crippen LogP contribution is 2.12. The van der Waals surface area contributed by atoms with Crippen molar-refractivity contribution >= 4 is 11.5 Å². The summed E-state index contributed by atoms with van der Waals surface area (Å²) in [6.07, 6.45) is 8.25. The third-order valence-electron chi connectivity index (χ3n) is 3.15. The zero-order valence-electron chi connectivity index (χ0n) is 12.0. The molecule has 2 heterocycles. The first kappa shape index (κ1) is 14.2. The Morgan fingerprint density at radius 1 is 1.20 bits per heavy atom. The van der Waals surface area contributed by atoms with Crippen molar-refractivity contribution in [3.63, 3.8) is 0 Å². The molecule has 0 saturated carbocycles. The summed E-state index contributed by atoms with van der Waals surface area (Å²) in [4.78, 5) is 8.49. The molecule has 2 N–H and O–H groups in total. The quantitative estimate of drug-likeness (QED) is 0.645. The zero-order valence-corrected chi connectivity index (χ0v) is 12.0. The SMILES string of the molecule is CCCc1ccc(NC(=N)c2ccncc2CC)cn1. The van der Waals surface area contributed by atoms with Gasteiger partial charge in [0, 0.05) is 23.7 Å². The second-order valence-corrected chi connectivity index (χ2v) is 4.67. The van der Waals surface area contributed by atoms with Crippen molar-refractivity contribution in [1.29, 1.82) is 5.41 Å². The van der Waals surface area contributed by atoms with Crippen LogP contribution < -0.4 is 5.32 Å². The predicted molar refractivity (Wildman–Crippen MR) is 82.3 cm³/mol. The van der Waals surface area contributed by atoms with Gasteiger partial charge in [0.05, 0.1) is 11.9 Å². The fourth-order valence-corrected chi connectivity index (χ4v) is 2.07. The van der Waals surface area contributed by atoms with Gasteiger partial charge in [-0.3, -0.25) is 15.4 Å². The van der Waals surface area contributed by atoms with Crippen LogP contribution in [0.2, 0.25) is 0 Å². The lowest BCUT2D eigenvalue weighted by atomic mass is 10.1. The van der Waals surface area contributed by atoms with E-state index < -0.39 is 0 Å². The zero-order chi connectivity index (χ0) is 14.4. The van der Waals surface area contributed by atoms with Crippen LogP contribution in [0.4, 0.5) is 5.69 Å². The second kappa shape index (κ2) is 6.80. The molecule has 2 aromatic rings. The molecule has 0 aliphatic carbocycles. The molecule has 104 valence electrons. The van der Waals surface area contributed by atoms with E-state index in [1.165, 1.54) is 0 Å². The highest BCUT2D eigenvalue weighted by atomic mass is 15.0. The molecule has 0 radical (unpaired) electrons. The third kappa shape index (κ3) is 3.41. The van der Waals surface area contributed by atoms with Crippen molar-refractivity contribution in [3.05, 3.63) is 53.6 Å². The molecule has 0 aromatic carbocycles. The molecule has 0 unspecified atom stereocenters. The minimum atomic E-state index is 0.384. The Hall–Kier alpha value is -2.23. The molecule has 2 rings (SSSR count). The van der Waals surface area contributed by atoms with E-state index in [2.05, 4.69) is 29.1 Å². The number of rotatable bonds is 5. The fraction of sp³-hybridized carbons (Fsp3) is 0.312. The number of aryl methyl sites for hydroxylation is 2. The Bertz CT molecular complexity index is 575. The first-order valence-electron chi connectivity index (χ1n) is 6.98. The second-order valence-electron chi connectivity index (χ2n) is 4.67. The Balaban J connectivity index is 2.11. The summed E-state index contributed by atoms with van der Waals surface area (Å²) in [5, 5.41) is 11.3. The van der Waals surface area contributed by atoms with E-state index in [0.29, 0.717) is 5.84 Å². The number of hydrogen-bond donors (Lipinski definition) is 2. The van der Waals surface area contributed by atoms with Crippen molar-refractivity contribution in [1.82, 2.24) is 9.97 Å². The summed E-state index contributed by atoms with van der Waals surface area (Å²) in [7, 11) is 0. The molecule has 2 aromatic heterocycles. The number of nitrogens with zero attached hydrogens (tertiary/aromatic N) is 2. The van der Waals surface area contributed by atoms with Crippen molar-refractivity contribution in [2.45, 2.75) is 33.1 Å². The Morgan fingerprint density at radius 2 is 2.05 bits per heavy atom. The van der Waals surface area contributed by atoms with Gasteiger partial charge < -0.3 is 5.32 Å². The summed E-state index contributed by atoms with van der Waals surface area (Å²) in [6.45, 7) is 4.20. The van der Waals surface area contributed by atoms with Gasteiger partial charge in [-0.25, -0.2) is 0 Å². The van der Waals surface area contributed by atoms with Crippen molar-refractivity contribution in [2.24, 2.45) is 0 Å². The van der Waals surface area contributed by atoms with Gasteiger partial charge in [0.15, 0.2) is 0 Å². The van der Waals surface area contributed by atoms with Gasteiger partial charge >= 0.3 is 0 Å². The molecule has 0 aliphatic rings. The van der Waals surface area contributed by atoms with E-state index in [9.17, 15) is 0 Å². The highest BCUT2D eigenvalue weighted by molar-refractivity contribution is 6.06. The minimum Gasteiger partial charge on any atom is -0.339 e. The van der Waals surface area contributed by atoms with Gasteiger partial charge in [0.25, 0.3) is 0 Å². The predicted octanol–water partition coefficient (Wildman–Crippen LogP) is 3.43. The summed E-state index contributed by atoms with van der Waals surface area (Å²) >= 11 is 0. The van der Waals surface area contributed by atoms with Crippen LogP contribution in [0.1, 0.15) is 37.1 Å². The molecule has 0 atom stereocenters. The van der Waals surface area contributed by atoms with Crippen LogP contribution in [-0.2, 0) is 12.8 Å². The lowest BCUT2D eigenvalue weighted by Crippen LogP contribution is -2.14. The third-order valence-corrected chi connectivity index (χ3v) is 3.15.